The van der Waals surface area contributed by atoms with Gasteiger partial charge in [-0.3, -0.25) is 35.3 Å². The van der Waals surface area contributed by atoms with Gasteiger partial charge in [-0.15, -0.1) is 0 Å². The highest BCUT2D eigenvalue weighted by atomic mass is 32.2. The Labute approximate surface area is 664 Å². The molecule has 10 aromatic rings. The fraction of sp³-hybridized carbons (Fsp3) is 0.148. The van der Waals surface area contributed by atoms with Gasteiger partial charge in [0.15, 0.2) is 22.9 Å². The standard InChI is InChI=1S/C22H28N2O6S2.2C15H13NO4S.C15H15NO3S.C14H10N2O3S/c1-3-5-17-31(25,26)29-23-21(19-13-9-7-10-14-19)22(20-15-11-8-12-16-20)24-30-32(27,28)18-6-4-2;1-21(18,19)20-16-14(12-8-4-2-5-9-12)15(17)13-10-6-3-7-11-13;1-12(17)15(13-8-4-2-5-9-13)16-20-21(18,19)14-10-6-3-7-11-14;1-12-8-10-15(11-9-12)20(17,18)19-16-13(2)14-6-4-3-5-7-14;15-11-14(12-7-3-1-4-8-12)16-19-20(17,18)13-9-5-2-6-10-13/h7-16H,3-6,17-18H2,1-2H3;2*2-11H,1H3;3-11H,1-2H3;1-10H/b23-21-,24-22-;16-14-;16-15+;16-13+;16-14+. The molecular weight excluding hydrogens is 1580 g/mol. The molecule has 0 unspecified atom stereocenters. The molecule has 0 aromatic heterocycles. The maximum absolute atomic E-state index is 12.5. The summed E-state index contributed by atoms with van der Waals surface area (Å²) in [4.78, 5) is 24.1. The van der Waals surface area contributed by atoms with E-state index >= 15 is 0 Å². The zero-order chi connectivity index (χ0) is 83.1. The van der Waals surface area contributed by atoms with Crippen LogP contribution in [0.4, 0.5) is 0 Å². The topological polar surface area (TPSA) is 392 Å². The van der Waals surface area contributed by atoms with Crippen molar-refractivity contribution >= 4 is 107 Å². The molecule has 0 saturated heterocycles. The molecule has 0 heterocycles. The molecule has 10 rings (SSSR count). The summed E-state index contributed by atoms with van der Waals surface area (Å²) < 4.78 is 171. The van der Waals surface area contributed by atoms with Gasteiger partial charge in [0.05, 0.1) is 23.5 Å². The average Bonchev–Trinajstić information content (AvgIpc) is 0.885. The summed E-state index contributed by atoms with van der Waals surface area (Å²) >= 11 is 0. The van der Waals surface area contributed by atoms with Crippen LogP contribution in [0, 0.1) is 18.3 Å². The molecule has 594 valence electrons. The minimum Gasteiger partial charge on any atom is -0.293 e. The molecular formula is C81H79N7O20S6. The summed E-state index contributed by atoms with van der Waals surface area (Å²) in [5, 5.41) is 30.9. The molecule has 0 amide bonds. The van der Waals surface area contributed by atoms with Gasteiger partial charge in [0.25, 0.3) is 0 Å². The van der Waals surface area contributed by atoms with Crippen LogP contribution in [-0.2, 0) is 91.2 Å². The van der Waals surface area contributed by atoms with E-state index in [1.165, 1.54) is 43.3 Å². The molecule has 0 spiro atoms. The molecule has 0 atom stereocenters. The smallest absolute Gasteiger partial charge is 0.293 e. The Morgan fingerprint density at radius 2 is 0.605 bits per heavy atom. The number of nitriles is 1. The number of oxime groups is 6. The van der Waals surface area contributed by atoms with Gasteiger partial charge < -0.3 is 0 Å². The molecule has 0 aliphatic heterocycles. The summed E-state index contributed by atoms with van der Waals surface area (Å²) in [6.45, 7) is 8.61. The zero-order valence-electron chi connectivity index (χ0n) is 62.3. The lowest BCUT2D eigenvalue weighted by molar-refractivity contribution is -0.111. The molecule has 0 radical (unpaired) electrons. The largest absolute Gasteiger partial charge is 0.358 e. The SMILES string of the molecule is C/C(=N\OS(=O)(=O)c1ccc(C)cc1)c1ccccc1.CC(=O)/C(=N\OS(=O)(=O)c1ccccc1)c1ccccc1.CCCCS(=O)(=O)O/N=C(\C(=N/OS(=O)(=O)CCCC)c1ccccc1)c1ccccc1.CS(=O)(=O)O/N=C(\C(=O)c1ccccc1)c1ccccc1.N#C/C(=N\OS(=O)(=O)c1ccccc1)c1ccccc1. The van der Waals surface area contributed by atoms with Gasteiger partial charge in [-0.2, -0.15) is 55.8 Å². The molecule has 33 heteroatoms. The second kappa shape index (κ2) is 45.2. The molecule has 0 fully saturated rings. The van der Waals surface area contributed by atoms with Gasteiger partial charge in [0.2, 0.25) is 5.78 Å². The lowest BCUT2D eigenvalue weighted by atomic mass is 10.0. The van der Waals surface area contributed by atoms with Crippen molar-refractivity contribution in [2.45, 2.75) is 75.0 Å². The van der Waals surface area contributed by atoms with E-state index in [0.29, 0.717) is 64.8 Å². The third kappa shape index (κ3) is 31.4. The van der Waals surface area contributed by atoms with Crippen molar-refractivity contribution in [3.63, 3.8) is 0 Å². The molecule has 10 aromatic carbocycles. The Balaban J connectivity index is 0.000000225. The van der Waals surface area contributed by atoms with Crippen LogP contribution < -0.4 is 0 Å². The molecule has 0 saturated carbocycles. The van der Waals surface area contributed by atoms with Gasteiger partial charge >= 0.3 is 60.7 Å². The van der Waals surface area contributed by atoms with Crippen molar-refractivity contribution in [3.05, 3.63) is 342 Å². The van der Waals surface area contributed by atoms with Crippen LogP contribution >= 0.6 is 0 Å². The Hall–Kier alpha value is -12.5. The average molecular weight is 1660 g/mol. The van der Waals surface area contributed by atoms with E-state index in [0.717, 1.165) is 17.4 Å². The number of carbonyl (C=O) groups is 2. The number of Topliss-reactive ketones (excluding diaryl/α,β-unsaturated/α-hetero) is 2. The van der Waals surface area contributed by atoms with Crippen molar-refractivity contribution in [2.75, 3.05) is 17.8 Å². The van der Waals surface area contributed by atoms with Crippen LogP contribution in [0.25, 0.3) is 0 Å². The Morgan fingerprint density at radius 3 is 0.947 bits per heavy atom. The number of hydrogen-bond donors (Lipinski definition) is 0. The fourth-order valence-corrected chi connectivity index (χ4v) is 13.2. The Kier molecular flexibility index (Phi) is 35.8. The number of benzene rings is 10. The van der Waals surface area contributed by atoms with Crippen molar-refractivity contribution in [1.29, 1.82) is 5.26 Å². The number of hydrogen-bond acceptors (Lipinski definition) is 27. The minimum atomic E-state index is -4.04. The molecule has 0 N–H and O–H groups in total. The highest BCUT2D eigenvalue weighted by Gasteiger charge is 2.24. The van der Waals surface area contributed by atoms with Gasteiger partial charge in [-0.25, -0.2) is 0 Å². The zero-order valence-corrected chi connectivity index (χ0v) is 67.2. The predicted octanol–water partition coefficient (Wildman–Crippen LogP) is 14.2. The predicted molar refractivity (Wildman–Crippen MR) is 435 cm³/mol. The number of nitrogens with zero attached hydrogens (tertiary/aromatic N) is 7. The molecule has 27 nitrogen and oxygen atoms in total. The van der Waals surface area contributed by atoms with Crippen LogP contribution in [0.5, 0.6) is 0 Å². The second-order valence-corrected chi connectivity index (χ2v) is 33.1. The molecule has 0 aliphatic carbocycles. The van der Waals surface area contributed by atoms with E-state index in [4.69, 9.17) is 18.1 Å². The first-order chi connectivity index (χ1) is 54.4. The third-order valence-electron chi connectivity index (χ3n) is 14.7. The fourth-order valence-electron chi connectivity index (χ4n) is 8.88. The number of rotatable bonds is 31. The summed E-state index contributed by atoms with van der Waals surface area (Å²) in [5.41, 5.74) is 4.96. The van der Waals surface area contributed by atoms with E-state index in [9.17, 15) is 60.1 Å². The molecule has 0 aliphatic rings. The van der Waals surface area contributed by atoms with Gasteiger partial charge in [-0.1, -0.05) is 324 Å². The van der Waals surface area contributed by atoms with E-state index in [2.05, 4.69) is 43.8 Å². The number of unbranched alkanes of at least 4 members (excludes halogenated alkanes) is 2. The van der Waals surface area contributed by atoms with E-state index in [-0.39, 0.29) is 60.5 Å². The lowest BCUT2D eigenvalue weighted by Gasteiger charge is -2.11. The molecule has 0 bridgehead atoms. The van der Waals surface area contributed by atoms with Crippen LogP contribution in [0.3, 0.4) is 0 Å². The van der Waals surface area contributed by atoms with Crippen LogP contribution in [0.15, 0.2) is 343 Å². The van der Waals surface area contributed by atoms with Gasteiger partial charge in [0.1, 0.15) is 32.2 Å². The normalized spacial score (nSPS) is 12.3. The van der Waals surface area contributed by atoms with E-state index < -0.39 is 66.5 Å². The number of carbonyl (C=O) groups excluding carboxylic acids is 2. The van der Waals surface area contributed by atoms with Crippen LogP contribution in [0.1, 0.15) is 103 Å². The quantitative estimate of drug-likeness (QED) is 0.0221. The maximum Gasteiger partial charge on any atom is 0.358 e. The van der Waals surface area contributed by atoms with Crippen LogP contribution in [-0.4, -0.2) is 114 Å². The summed E-state index contributed by atoms with van der Waals surface area (Å²) in [7, 11) is -23.5. The minimum absolute atomic E-state index is 0.0194. The number of ketones is 2. The number of aryl methyl sites for hydroxylation is 1. The van der Waals surface area contributed by atoms with E-state index in [1.54, 1.807) is 244 Å². The maximum atomic E-state index is 12.5. The first kappa shape index (κ1) is 90.4. The van der Waals surface area contributed by atoms with Crippen molar-refractivity contribution in [3.8, 4) is 6.07 Å². The van der Waals surface area contributed by atoms with Gasteiger partial charge in [-0.05, 0) is 68.7 Å². The summed E-state index contributed by atoms with van der Waals surface area (Å²) in [6.07, 6.45) is 3.08. The van der Waals surface area contributed by atoms with Crippen molar-refractivity contribution in [2.24, 2.45) is 30.9 Å². The Bertz CT molecular complexity index is 5640. The second-order valence-electron chi connectivity index (χ2n) is 23.6. The summed E-state index contributed by atoms with van der Waals surface area (Å²) in [6, 6.07) is 84.0. The first-order valence-electron chi connectivity index (χ1n) is 34.3. The van der Waals surface area contributed by atoms with Gasteiger partial charge in [0, 0.05) is 40.3 Å². The highest BCUT2D eigenvalue weighted by molar-refractivity contribution is 7.88. The van der Waals surface area contributed by atoms with Crippen molar-refractivity contribution in [1.82, 2.24) is 0 Å². The van der Waals surface area contributed by atoms with E-state index in [1.807, 2.05) is 51.1 Å². The van der Waals surface area contributed by atoms with Crippen molar-refractivity contribution < 1.29 is 85.8 Å². The molecule has 114 heavy (non-hydrogen) atoms. The Morgan fingerprint density at radius 1 is 0.325 bits per heavy atom. The monoisotopic (exact) mass is 1660 g/mol. The summed E-state index contributed by atoms with van der Waals surface area (Å²) in [5.74, 6) is -1.17. The lowest BCUT2D eigenvalue weighted by Crippen LogP contribution is -2.21. The third-order valence-corrected chi connectivity index (χ3v) is 20.6. The van der Waals surface area contributed by atoms with Crippen LogP contribution in [0.2, 0.25) is 0 Å². The first-order valence-corrected chi connectivity index (χ1v) is 43.5. The highest BCUT2D eigenvalue weighted by Crippen LogP contribution is 2.20.